The summed E-state index contributed by atoms with van der Waals surface area (Å²) in [6.45, 7) is 0.361. The summed E-state index contributed by atoms with van der Waals surface area (Å²) in [7, 11) is 1.34. The van der Waals surface area contributed by atoms with E-state index in [-0.39, 0.29) is 5.82 Å². The van der Waals surface area contributed by atoms with Gasteiger partial charge in [0.2, 0.25) is 0 Å². The number of nitriles is 1. The largest absolute Gasteiger partial charge is 0.465 e. The Labute approximate surface area is 103 Å². The predicted octanol–water partition coefficient (Wildman–Crippen LogP) is 0.985. The molecule has 0 unspecified atom stereocenters. The third-order valence-corrected chi connectivity index (χ3v) is 2.39. The van der Waals surface area contributed by atoms with E-state index in [1.54, 1.807) is 18.2 Å². The number of carbonyl (C=O) groups is 1. The molecule has 0 N–H and O–H groups in total. The molecule has 0 fully saturated rings. The van der Waals surface area contributed by atoms with Crippen LogP contribution in [0.3, 0.4) is 0 Å². The fourth-order valence-electron chi connectivity index (χ4n) is 1.56. The third kappa shape index (κ3) is 2.35. The molecular formula is C12H10N4O2. The van der Waals surface area contributed by atoms with Crippen LogP contribution in [0.4, 0.5) is 0 Å². The predicted molar refractivity (Wildman–Crippen MR) is 61.6 cm³/mol. The van der Waals surface area contributed by atoms with Gasteiger partial charge in [-0.25, -0.2) is 14.5 Å². The lowest BCUT2D eigenvalue weighted by Crippen LogP contribution is -2.09. The van der Waals surface area contributed by atoms with Gasteiger partial charge in [-0.15, -0.1) is 5.10 Å². The van der Waals surface area contributed by atoms with E-state index in [1.165, 1.54) is 18.1 Å². The topological polar surface area (TPSA) is 80.8 Å². The zero-order valence-electron chi connectivity index (χ0n) is 9.70. The Bertz CT molecular complexity index is 613. The van der Waals surface area contributed by atoms with Crippen LogP contribution >= 0.6 is 0 Å². The normalized spacial score (nSPS) is 9.78. The van der Waals surface area contributed by atoms with Gasteiger partial charge in [-0.2, -0.15) is 5.26 Å². The second kappa shape index (κ2) is 5.10. The standard InChI is InChI=1S/C12H10N4O2/c1-18-12(17)10-5-3-2-4-9(10)7-16-8-14-11(6-13)15-16/h2-5,8H,7H2,1H3. The molecule has 1 aromatic heterocycles. The number of benzene rings is 1. The van der Waals surface area contributed by atoms with Gasteiger partial charge in [0.15, 0.2) is 0 Å². The maximum absolute atomic E-state index is 11.6. The van der Waals surface area contributed by atoms with Crippen molar-refractivity contribution in [3.05, 3.63) is 47.5 Å². The molecular weight excluding hydrogens is 232 g/mol. The molecule has 2 rings (SSSR count). The van der Waals surface area contributed by atoms with Crippen molar-refractivity contribution in [1.82, 2.24) is 14.8 Å². The van der Waals surface area contributed by atoms with Crippen LogP contribution in [0.25, 0.3) is 0 Å². The number of rotatable bonds is 3. The molecule has 0 aliphatic heterocycles. The van der Waals surface area contributed by atoms with E-state index in [9.17, 15) is 4.79 Å². The number of hydrogen-bond donors (Lipinski definition) is 0. The third-order valence-electron chi connectivity index (χ3n) is 2.39. The van der Waals surface area contributed by atoms with Crippen LogP contribution in [0, 0.1) is 11.3 Å². The van der Waals surface area contributed by atoms with Crippen molar-refractivity contribution in [2.24, 2.45) is 0 Å². The molecule has 18 heavy (non-hydrogen) atoms. The average molecular weight is 242 g/mol. The fraction of sp³-hybridized carbons (Fsp3) is 0.167. The van der Waals surface area contributed by atoms with Crippen LogP contribution in [0.15, 0.2) is 30.6 Å². The second-order valence-corrected chi connectivity index (χ2v) is 3.53. The van der Waals surface area contributed by atoms with Crippen molar-refractivity contribution in [2.75, 3.05) is 7.11 Å². The zero-order chi connectivity index (χ0) is 13.0. The summed E-state index contributed by atoms with van der Waals surface area (Å²) in [5, 5.41) is 12.6. The van der Waals surface area contributed by atoms with Gasteiger partial charge in [0.1, 0.15) is 12.4 Å². The Morgan fingerprint density at radius 1 is 1.50 bits per heavy atom. The Kier molecular flexibility index (Phi) is 3.34. The van der Waals surface area contributed by atoms with Crippen LogP contribution in [-0.4, -0.2) is 27.8 Å². The highest BCUT2D eigenvalue weighted by atomic mass is 16.5. The highest BCUT2D eigenvalue weighted by molar-refractivity contribution is 5.90. The number of aromatic nitrogens is 3. The van der Waals surface area contributed by atoms with Gasteiger partial charge < -0.3 is 4.74 Å². The number of ether oxygens (including phenoxy) is 1. The van der Waals surface area contributed by atoms with Crippen LogP contribution in [0.1, 0.15) is 21.7 Å². The van der Waals surface area contributed by atoms with Crippen molar-refractivity contribution in [1.29, 1.82) is 5.26 Å². The smallest absolute Gasteiger partial charge is 0.338 e. The van der Waals surface area contributed by atoms with E-state index >= 15 is 0 Å². The van der Waals surface area contributed by atoms with Crippen LogP contribution in [0.5, 0.6) is 0 Å². The zero-order valence-corrected chi connectivity index (χ0v) is 9.70. The first kappa shape index (κ1) is 11.8. The number of nitrogens with zero attached hydrogens (tertiary/aromatic N) is 4. The Balaban J connectivity index is 2.29. The maximum Gasteiger partial charge on any atom is 0.338 e. The molecule has 0 aliphatic rings. The molecule has 0 bridgehead atoms. The van der Waals surface area contributed by atoms with E-state index in [1.807, 2.05) is 12.1 Å². The molecule has 0 radical (unpaired) electrons. The average Bonchev–Trinajstić information content (AvgIpc) is 2.86. The lowest BCUT2D eigenvalue weighted by molar-refractivity contribution is 0.0599. The molecule has 0 spiro atoms. The van der Waals surface area contributed by atoms with Gasteiger partial charge >= 0.3 is 5.97 Å². The Hall–Kier alpha value is -2.68. The highest BCUT2D eigenvalue weighted by Crippen LogP contribution is 2.11. The van der Waals surface area contributed by atoms with Gasteiger partial charge in [-0.1, -0.05) is 18.2 Å². The van der Waals surface area contributed by atoms with Crippen molar-refractivity contribution in [2.45, 2.75) is 6.54 Å². The molecule has 6 heteroatoms. The molecule has 1 aromatic carbocycles. The summed E-state index contributed by atoms with van der Waals surface area (Å²) in [5.74, 6) is -0.295. The van der Waals surface area contributed by atoms with Crippen molar-refractivity contribution < 1.29 is 9.53 Å². The second-order valence-electron chi connectivity index (χ2n) is 3.53. The minimum absolute atomic E-state index is 0.102. The molecule has 2 aromatic rings. The SMILES string of the molecule is COC(=O)c1ccccc1Cn1cnc(C#N)n1. The number of hydrogen-bond acceptors (Lipinski definition) is 5. The van der Waals surface area contributed by atoms with Gasteiger partial charge in [0.05, 0.1) is 19.2 Å². The number of carbonyl (C=O) groups excluding carboxylic acids is 1. The Morgan fingerprint density at radius 2 is 2.28 bits per heavy atom. The van der Waals surface area contributed by atoms with E-state index in [0.29, 0.717) is 12.1 Å². The quantitative estimate of drug-likeness (QED) is 0.749. The minimum atomic E-state index is -0.397. The van der Waals surface area contributed by atoms with Gasteiger partial charge in [-0.3, -0.25) is 0 Å². The van der Waals surface area contributed by atoms with Crippen molar-refractivity contribution in [3.63, 3.8) is 0 Å². The highest BCUT2D eigenvalue weighted by Gasteiger charge is 2.11. The van der Waals surface area contributed by atoms with E-state index in [4.69, 9.17) is 10.00 Å². The summed E-state index contributed by atoms with van der Waals surface area (Å²) < 4.78 is 6.20. The first-order valence-electron chi connectivity index (χ1n) is 5.20. The van der Waals surface area contributed by atoms with Gasteiger partial charge in [0.25, 0.3) is 5.82 Å². The van der Waals surface area contributed by atoms with Crippen LogP contribution in [-0.2, 0) is 11.3 Å². The molecule has 0 atom stereocenters. The molecule has 0 saturated heterocycles. The minimum Gasteiger partial charge on any atom is -0.465 e. The molecule has 0 saturated carbocycles. The summed E-state index contributed by atoms with van der Waals surface area (Å²) in [6, 6.07) is 8.92. The molecule has 1 heterocycles. The summed E-state index contributed by atoms with van der Waals surface area (Å²) in [4.78, 5) is 15.4. The summed E-state index contributed by atoms with van der Waals surface area (Å²) in [5.41, 5.74) is 1.24. The molecule has 0 aliphatic carbocycles. The van der Waals surface area contributed by atoms with Crippen LogP contribution in [0.2, 0.25) is 0 Å². The Morgan fingerprint density at radius 3 is 2.94 bits per heavy atom. The van der Waals surface area contributed by atoms with Crippen molar-refractivity contribution >= 4 is 5.97 Å². The van der Waals surface area contributed by atoms with Gasteiger partial charge in [0, 0.05) is 0 Å². The lowest BCUT2D eigenvalue weighted by atomic mass is 10.1. The summed E-state index contributed by atoms with van der Waals surface area (Å²) in [6.07, 6.45) is 1.45. The van der Waals surface area contributed by atoms with E-state index < -0.39 is 5.97 Å². The van der Waals surface area contributed by atoms with Crippen LogP contribution < -0.4 is 0 Å². The maximum atomic E-state index is 11.6. The number of methoxy groups -OCH3 is 1. The monoisotopic (exact) mass is 242 g/mol. The van der Waals surface area contributed by atoms with Crippen molar-refractivity contribution in [3.8, 4) is 6.07 Å². The molecule has 0 amide bonds. The fourth-order valence-corrected chi connectivity index (χ4v) is 1.56. The molecule has 6 nitrogen and oxygen atoms in total. The summed E-state index contributed by atoms with van der Waals surface area (Å²) >= 11 is 0. The van der Waals surface area contributed by atoms with E-state index in [0.717, 1.165) is 5.56 Å². The first-order chi connectivity index (χ1) is 8.74. The first-order valence-corrected chi connectivity index (χ1v) is 5.20. The number of esters is 1. The van der Waals surface area contributed by atoms with E-state index in [2.05, 4.69) is 10.1 Å². The lowest BCUT2D eigenvalue weighted by Gasteiger charge is -2.06. The molecule has 90 valence electrons. The van der Waals surface area contributed by atoms with Gasteiger partial charge in [-0.05, 0) is 11.6 Å².